The summed E-state index contributed by atoms with van der Waals surface area (Å²) < 4.78 is 29.1. The highest BCUT2D eigenvalue weighted by atomic mass is 127. The van der Waals surface area contributed by atoms with Gasteiger partial charge in [-0.15, -0.1) is 24.0 Å². The lowest BCUT2D eigenvalue weighted by molar-refractivity contribution is -0.0370. The van der Waals surface area contributed by atoms with Gasteiger partial charge in [-0.1, -0.05) is 6.92 Å². The standard InChI is InChI=1S/C18H33N3O3S.HI/c1-2-8-19-17(20-12-16-5-11-25(22,23)13-16)21-9-3-6-18(14-21)7-4-10-24-15-18;/h16H,2-15H2,1H3,(H,19,20);1H. The summed E-state index contributed by atoms with van der Waals surface area (Å²) in [6, 6.07) is 0. The Labute approximate surface area is 175 Å². The average Bonchev–Trinajstić information content (AvgIpc) is 2.95. The molecular weight excluding hydrogens is 465 g/mol. The summed E-state index contributed by atoms with van der Waals surface area (Å²) in [5, 5.41) is 3.49. The van der Waals surface area contributed by atoms with Crippen LogP contribution >= 0.6 is 24.0 Å². The number of ether oxygens (including phenoxy) is 1. The van der Waals surface area contributed by atoms with Gasteiger partial charge in [-0.2, -0.15) is 0 Å². The maximum atomic E-state index is 11.7. The lowest BCUT2D eigenvalue weighted by atomic mass is 9.76. The minimum atomic E-state index is -2.83. The largest absolute Gasteiger partial charge is 0.381 e. The molecule has 0 aliphatic carbocycles. The number of halogens is 1. The van der Waals surface area contributed by atoms with Gasteiger partial charge in [0.2, 0.25) is 0 Å². The monoisotopic (exact) mass is 499 g/mol. The molecule has 3 fully saturated rings. The van der Waals surface area contributed by atoms with Gasteiger partial charge in [-0.25, -0.2) is 8.42 Å². The van der Waals surface area contributed by atoms with Crippen molar-refractivity contribution in [2.45, 2.75) is 45.4 Å². The van der Waals surface area contributed by atoms with Crippen LogP contribution in [0.3, 0.4) is 0 Å². The molecule has 3 aliphatic rings. The molecule has 3 saturated heterocycles. The van der Waals surface area contributed by atoms with Crippen molar-refractivity contribution in [1.29, 1.82) is 0 Å². The molecule has 152 valence electrons. The van der Waals surface area contributed by atoms with Crippen LogP contribution in [0.4, 0.5) is 0 Å². The Kier molecular flexibility index (Phi) is 8.46. The summed E-state index contributed by atoms with van der Waals surface area (Å²) >= 11 is 0. The first-order valence-corrected chi connectivity index (χ1v) is 11.7. The highest BCUT2D eigenvalue weighted by Gasteiger charge is 2.38. The normalized spacial score (nSPS) is 31.7. The molecule has 8 heteroatoms. The van der Waals surface area contributed by atoms with Gasteiger partial charge < -0.3 is 15.0 Å². The minimum Gasteiger partial charge on any atom is -0.381 e. The van der Waals surface area contributed by atoms with E-state index >= 15 is 0 Å². The van der Waals surface area contributed by atoms with Crippen LogP contribution in [-0.4, -0.2) is 70.2 Å². The molecule has 0 amide bonds. The topological polar surface area (TPSA) is 71.0 Å². The molecule has 3 heterocycles. The first-order valence-electron chi connectivity index (χ1n) is 9.83. The molecule has 1 N–H and O–H groups in total. The van der Waals surface area contributed by atoms with Crippen molar-refractivity contribution >= 4 is 39.8 Å². The fourth-order valence-electron chi connectivity index (χ4n) is 4.36. The molecule has 3 aliphatic heterocycles. The summed E-state index contributed by atoms with van der Waals surface area (Å²) in [5.74, 6) is 1.78. The van der Waals surface area contributed by atoms with E-state index in [1.54, 1.807) is 0 Å². The predicted octanol–water partition coefficient (Wildman–Crippen LogP) is 2.29. The van der Waals surface area contributed by atoms with Gasteiger partial charge in [0, 0.05) is 38.2 Å². The van der Waals surface area contributed by atoms with Crippen LogP contribution in [0.2, 0.25) is 0 Å². The van der Waals surface area contributed by atoms with E-state index in [1.165, 1.54) is 19.3 Å². The van der Waals surface area contributed by atoms with Crippen LogP contribution < -0.4 is 5.32 Å². The molecule has 0 saturated carbocycles. The highest BCUT2D eigenvalue weighted by molar-refractivity contribution is 14.0. The summed E-state index contributed by atoms with van der Waals surface area (Å²) in [6.45, 7) is 7.47. The third kappa shape index (κ3) is 5.95. The Balaban J connectivity index is 0.00000243. The van der Waals surface area contributed by atoms with Crippen LogP contribution in [0.25, 0.3) is 0 Å². The van der Waals surface area contributed by atoms with Crippen LogP contribution in [0.1, 0.15) is 45.4 Å². The second-order valence-electron chi connectivity index (χ2n) is 8.04. The number of hydrogen-bond acceptors (Lipinski definition) is 4. The second-order valence-corrected chi connectivity index (χ2v) is 10.3. The summed E-state index contributed by atoms with van der Waals surface area (Å²) in [6.07, 6.45) is 6.62. The fourth-order valence-corrected chi connectivity index (χ4v) is 6.21. The van der Waals surface area contributed by atoms with E-state index in [0.717, 1.165) is 58.1 Å². The molecule has 6 nitrogen and oxygen atoms in total. The molecule has 0 aromatic rings. The zero-order valence-electron chi connectivity index (χ0n) is 15.9. The maximum absolute atomic E-state index is 11.7. The zero-order valence-corrected chi connectivity index (χ0v) is 19.1. The number of rotatable bonds is 4. The quantitative estimate of drug-likeness (QED) is 0.365. The van der Waals surface area contributed by atoms with E-state index in [9.17, 15) is 8.42 Å². The summed E-state index contributed by atoms with van der Waals surface area (Å²) in [7, 11) is -2.83. The number of nitrogens with one attached hydrogen (secondary N) is 1. The Hall–Kier alpha value is -0.0900. The third-order valence-corrected chi connectivity index (χ3v) is 7.56. The fraction of sp³-hybridized carbons (Fsp3) is 0.944. The number of sulfone groups is 1. The second kappa shape index (κ2) is 9.91. The van der Waals surface area contributed by atoms with Crippen molar-refractivity contribution in [3.8, 4) is 0 Å². The lowest BCUT2D eigenvalue weighted by Gasteiger charge is -2.45. The van der Waals surface area contributed by atoms with Crippen LogP contribution in [0, 0.1) is 11.3 Å². The van der Waals surface area contributed by atoms with E-state index in [2.05, 4.69) is 17.1 Å². The third-order valence-electron chi connectivity index (χ3n) is 5.72. The van der Waals surface area contributed by atoms with Gasteiger partial charge in [0.05, 0.1) is 18.1 Å². The van der Waals surface area contributed by atoms with Crippen molar-refractivity contribution in [2.24, 2.45) is 16.3 Å². The number of hydrogen-bond donors (Lipinski definition) is 1. The molecule has 2 unspecified atom stereocenters. The van der Waals surface area contributed by atoms with Gasteiger partial charge in [-0.3, -0.25) is 4.99 Å². The van der Waals surface area contributed by atoms with Crippen LogP contribution in [0.15, 0.2) is 4.99 Å². The van der Waals surface area contributed by atoms with E-state index in [4.69, 9.17) is 9.73 Å². The SMILES string of the molecule is CCCNC(=NCC1CCS(=O)(=O)C1)N1CCCC2(CCCOC2)C1.I. The molecule has 0 aromatic carbocycles. The number of guanidine groups is 1. The van der Waals surface area contributed by atoms with Crippen LogP contribution in [0.5, 0.6) is 0 Å². The molecule has 2 atom stereocenters. The first-order chi connectivity index (χ1) is 12.0. The smallest absolute Gasteiger partial charge is 0.193 e. The van der Waals surface area contributed by atoms with Gasteiger partial charge in [0.15, 0.2) is 15.8 Å². The van der Waals surface area contributed by atoms with Crippen molar-refractivity contribution in [2.75, 3.05) is 50.9 Å². The zero-order chi connectivity index (χ0) is 17.8. The van der Waals surface area contributed by atoms with E-state index < -0.39 is 9.84 Å². The number of likely N-dealkylation sites (tertiary alicyclic amines) is 1. The van der Waals surface area contributed by atoms with Gasteiger partial charge in [-0.05, 0) is 44.4 Å². The Morgan fingerprint density at radius 3 is 2.81 bits per heavy atom. The number of piperidine rings is 1. The minimum absolute atomic E-state index is 0. The van der Waals surface area contributed by atoms with Crippen LogP contribution in [-0.2, 0) is 14.6 Å². The van der Waals surface area contributed by atoms with E-state index in [-0.39, 0.29) is 35.3 Å². The number of nitrogens with zero attached hydrogens (tertiary/aromatic N) is 2. The van der Waals surface area contributed by atoms with Crippen molar-refractivity contribution < 1.29 is 13.2 Å². The van der Waals surface area contributed by atoms with Crippen molar-refractivity contribution in [3.05, 3.63) is 0 Å². The van der Waals surface area contributed by atoms with Crippen molar-refractivity contribution in [1.82, 2.24) is 10.2 Å². The molecule has 26 heavy (non-hydrogen) atoms. The Bertz CT molecular complexity index is 571. The average molecular weight is 499 g/mol. The summed E-state index contributed by atoms with van der Waals surface area (Å²) in [4.78, 5) is 7.22. The molecule has 3 rings (SSSR count). The molecule has 0 aromatic heterocycles. The first kappa shape index (κ1) is 22.2. The van der Waals surface area contributed by atoms with Gasteiger partial charge >= 0.3 is 0 Å². The van der Waals surface area contributed by atoms with Gasteiger partial charge in [0.1, 0.15) is 0 Å². The molecule has 0 bridgehead atoms. The van der Waals surface area contributed by atoms with Crippen molar-refractivity contribution in [3.63, 3.8) is 0 Å². The Morgan fingerprint density at radius 2 is 2.15 bits per heavy atom. The molecule has 1 spiro atoms. The van der Waals surface area contributed by atoms with E-state index in [0.29, 0.717) is 18.1 Å². The predicted molar refractivity (Wildman–Crippen MR) is 116 cm³/mol. The Morgan fingerprint density at radius 1 is 1.35 bits per heavy atom. The molecular formula is C18H34IN3O3S. The van der Waals surface area contributed by atoms with E-state index in [1.807, 2.05) is 0 Å². The highest BCUT2D eigenvalue weighted by Crippen LogP contribution is 2.37. The maximum Gasteiger partial charge on any atom is 0.193 e. The molecule has 0 radical (unpaired) electrons. The van der Waals surface area contributed by atoms with Gasteiger partial charge in [0.25, 0.3) is 0 Å². The lowest BCUT2D eigenvalue weighted by Crippen LogP contribution is -2.53. The summed E-state index contributed by atoms with van der Waals surface area (Å²) in [5.41, 5.74) is 0.280. The number of aliphatic imine (C=N–C) groups is 1.